The predicted octanol–water partition coefficient (Wildman–Crippen LogP) is 3.04. The first-order valence-corrected chi connectivity index (χ1v) is 9.63. The van der Waals surface area contributed by atoms with E-state index in [4.69, 9.17) is 8.94 Å². The van der Waals surface area contributed by atoms with Crippen molar-refractivity contribution in [2.24, 2.45) is 7.05 Å². The zero-order valence-corrected chi connectivity index (χ0v) is 17.1. The fourth-order valence-corrected chi connectivity index (χ4v) is 3.49. The van der Waals surface area contributed by atoms with Gasteiger partial charge in [-0.1, -0.05) is 17.3 Å². The molecule has 2 N–H and O–H groups in total. The summed E-state index contributed by atoms with van der Waals surface area (Å²) in [5.41, 5.74) is 4.75. The number of carbonyl (C=O) groups is 1. The molecule has 0 unspecified atom stereocenters. The largest absolute Gasteiger partial charge is 0.418 e. The SMILES string of the molecule is CNc1nc2oc(-c3cccc(CNC(=O)c4cnoc4C)c3)nc2c2c1ncn2C. The normalized spacial score (nSPS) is 11.3. The molecule has 4 aromatic heterocycles. The van der Waals surface area contributed by atoms with Crippen molar-refractivity contribution >= 4 is 34.0 Å². The summed E-state index contributed by atoms with van der Waals surface area (Å²) in [6.07, 6.45) is 3.13. The highest BCUT2D eigenvalue weighted by Crippen LogP contribution is 2.31. The topological polar surface area (TPSA) is 124 Å². The molecule has 1 amide bonds. The molecule has 0 saturated heterocycles. The van der Waals surface area contributed by atoms with Crippen molar-refractivity contribution in [2.45, 2.75) is 13.5 Å². The first kappa shape index (κ1) is 18.8. The third-order valence-corrected chi connectivity index (χ3v) is 5.07. The summed E-state index contributed by atoms with van der Waals surface area (Å²) in [5.74, 6) is 1.31. The van der Waals surface area contributed by atoms with Gasteiger partial charge in [0.25, 0.3) is 11.6 Å². The summed E-state index contributed by atoms with van der Waals surface area (Å²) >= 11 is 0. The Bertz CT molecular complexity index is 1430. The van der Waals surface area contributed by atoms with Crippen molar-refractivity contribution in [3.05, 3.63) is 53.7 Å². The van der Waals surface area contributed by atoms with Crippen LogP contribution in [0.1, 0.15) is 21.7 Å². The average molecular weight is 417 g/mol. The second-order valence-electron chi connectivity index (χ2n) is 7.11. The van der Waals surface area contributed by atoms with Crippen LogP contribution in [0.15, 0.2) is 45.7 Å². The summed E-state index contributed by atoms with van der Waals surface area (Å²) in [7, 11) is 3.70. The number of amides is 1. The van der Waals surface area contributed by atoms with E-state index in [0.717, 1.165) is 22.2 Å². The Morgan fingerprint density at radius 1 is 1.23 bits per heavy atom. The minimum Gasteiger partial charge on any atom is -0.418 e. The number of nitrogens with one attached hydrogen (secondary N) is 2. The number of oxazole rings is 1. The number of benzene rings is 1. The summed E-state index contributed by atoms with van der Waals surface area (Å²) in [6, 6.07) is 7.64. The van der Waals surface area contributed by atoms with Gasteiger partial charge < -0.3 is 24.1 Å². The van der Waals surface area contributed by atoms with E-state index in [2.05, 4.69) is 30.7 Å². The van der Waals surface area contributed by atoms with Crippen LogP contribution in [-0.2, 0) is 13.6 Å². The molecule has 0 atom stereocenters. The second-order valence-corrected chi connectivity index (χ2v) is 7.11. The predicted molar refractivity (Wildman–Crippen MR) is 113 cm³/mol. The van der Waals surface area contributed by atoms with Crippen LogP contribution >= 0.6 is 0 Å². The van der Waals surface area contributed by atoms with Gasteiger partial charge in [0.05, 0.1) is 12.5 Å². The van der Waals surface area contributed by atoms with E-state index >= 15 is 0 Å². The Morgan fingerprint density at radius 2 is 2.10 bits per heavy atom. The molecule has 5 rings (SSSR count). The molecular weight excluding hydrogens is 398 g/mol. The minimum absolute atomic E-state index is 0.242. The lowest BCUT2D eigenvalue weighted by Crippen LogP contribution is -2.22. The molecule has 0 aliphatic rings. The number of aromatic nitrogens is 5. The number of hydrogen-bond acceptors (Lipinski definition) is 8. The number of anilines is 1. The van der Waals surface area contributed by atoms with Crippen LogP contribution in [0.5, 0.6) is 0 Å². The monoisotopic (exact) mass is 417 g/mol. The van der Waals surface area contributed by atoms with E-state index in [1.807, 2.05) is 35.9 Å². The molecular formula is C21H19N7O3. The number of imidazole rings is 1. The molecule has 0 aliphatic heterocycles. The van der Waals surface area contributed by atoms with Crippen LogP contribution in [0, 0.1) is 6.92 Å². The van der Waals surface area contributed by atoms with Gasteiger partial charge in [0.1, 0.15) is 22.4 Å². The first-order chi connectivity index (χ1) is 15.0. The Morgan fingerprint density at radius 3 is 2.87 bits per heavy atom. The molecule has 0 spiro atoms. The van der Waals surface area contributed by atoms with Crippen molar-refractivity contribution in [3.63, 3.8) is 0 Å². The summed E-state index contributed by atoms with van der Waals surface area (Å²) in [6.45, 7) is 2.04. The van der Waals surface area contributed by atoms with Crippen molar-refractivity contribution in [1.82, 2.24) is 30.0 Å². The maximum absolute atomic E-state index is 12.3. The third-order valence-electron chi connectivity index (χ3n) is 5.07. The lowest BCUT2D eigenvalue weighted by molar-refractivity contribution is 0.0949. The molecule has 10 nitrogen and oxygen atoms in total. The quantitative estimate of drug-likeness (QED) is 0.447. The Balaban J connectivity index is 1.47. The van der Waals surface area contributed by atoms with Gasteiger partial charge in [-0.05, 0) is 24.6 Å². The molecule has 0 radical (unpaired) electrons. The summed E-state index contributed by atoms with van der Waals surface area (Å²) < 4.78 is 12.8. The number of carbonyl (C=O) groups excluding carboxylic acids is 1. The maximum Gasteiger partial charge on any atom is 0.256 e. The van der Waals surface area contributed by atoms with Gasteiger partial charge in [-0.3, -0.25) is 4.79 Å². The van der Waals surface area contributed by atoms with E-state index < -0.39 is 0 Å². The van der Waals surface area contributed by atoms with Crippen LogP contribution in [-0.4, -0.2) is 37.6 Å². The molecule has 1 aromatic carbocycles. The zero-order chi connectivity index (χ0) is 21.5. The Labute approximate surface area is 176 Å². The lowest BCUT2D eigenvalue weighted by Gasteiger charge is -2.05. The van der Waals surface area contributed by atoms with Gasteiger partial charge in [-0.2, -0.15) is 4.98 Å². The van der Waals surface area contributed by atoms with E-state index in [1.54, 1.807) is 20.3 Å². The van der Waals surface area contributed by atoms with Gasteiger partial charge >= 0.3 is 0 Å². The number of fused-ring (bicyclic) bond motifs is 3. The van der Waals surface area contributed by atoms with Crippen molar-refractivity contribution in [2.75, 3.05) is 12.4 Å². The van der Waals surface area contributed by atoms with Crippen LogP contribution in [0.2, 0.25) is 0 Å². The van der Waals surface area contributed by atoms with Gasteiger partial charge in [-0.25, -0.2) is 9.97 Å². The van der Waals surface area contributed by atoms with Gasteiger partial charge in [-0.15, -0.1) is 0 Å². The molecule has 0 saturated carbocycles. The average Bonchev–Trinajstić information content (AvgIpc) is 3.49. The van der Waals surface area contributed by atoms with Crippen LogP contribution in [0.4, 0.5) is 5.82 Å². The van der Waals surface area contributed by atoms with Crippen molar-refractivity contribution < 1.29 is 13.7 Å². The smallest absolute Gasteiger partial charge is 0.256 e. The van der Waals surface area contributed by atoms with Crippen LogP contribution < -0.4 is 10.6 Å². The first-order valence-electron chi connectivity index (χ1n) is 9.63. The molecule has 10 heteroatoms. The van der Waals surface area contributed by atoms with Crippen LogP contribution in [0.3, 0.4) is 0 Å². The number of rotatable bonds is 5. The molecule has 31 heavy (non-hydrogen) atoms. The highest BCUT2D eigenvalue weighted by Gasteiger charge is 2.19. The van der Waals surface area contributed by atoms with Gasteiger partial charge in [0, 0.05) is 26.2 Å². The zero-order valence-electron chi connectivity index (χ0n) is 17.1. The van der Waals surface area contributed by atoms with Gasteiger partial charge in [0.2, 0.25) is 5.89 Å². The minimum atomic E-state index is -0.242. The second kappa shape index (κ2) is 7.24. The van der Waals surface area contributed by atoms with E-state index in [-0.39, 0.29) is 5.91 Å². The number of pyridine rings is 1. The Kier molecular flexibility index (Phi) is 4.39. The standard InChI is InChI=1S/C21H19N7O3/c1-11-14(9-25-31-11)19(29)23-8-12-5-4-6-13(7-12)20-26-16-17-15(24-10-28(17)3)18(22-2)27-21(16)30-20/h4-7,9-10H,8H2,1-3H3,(H,22,27)(H,23,29). The fourth-order valence-electron chi connectivity index (χ4n) is 3.49. The summed E-state index contributed by atoms with van der Waals surface area (Å²) in [5, 5.41) is 9.55. The number of aryl methyl sites for hydroxylation is 2. The molecule has 4 heterocycles. The Hall–Kier alpha value is -4.21. The van der Waals surface area contributed by atoms with E-state index in [0.29, 0.717) is 40.8 Å². The molecule has 0 bridgehead atoms. The highest BCUT2D eigenvalue weighted by atomic mass is 16.5. The number of nitrogens with zero attached hydrogens (tertiary/aromatic N) is 5. The fraction of sp³-hybridized carbons (Fsp3) is 0.190. The van der Waals surface area contributed by atoms with Gasteiger partial charge in [0.15, 0.2) is 11.3 Å². The summed E-state index contributed by atoms with van der Waals surface area (Å²) in [4.78, 5) is 25.9. The lowest BCUT2D eigenvalue weighted by atomic mass is 10.1. The number of hydrogen-bond donors (Lipinski definition) is 2. The maximum atomic E-state index is 12.3. The van der Waals surface area contributed by atoms with Crippen LogP contribution in [0.25, 0.3) is 33.7 Å². The van der Waals surface area contributed by atoms with E-state index in [9.17, 15) is 4.79 Å². The molecule has 0 aliphatic carbocycles. The molecule has 0 fully saturated rings. The third kappa shape index (κ3) is 3.18. The molecule has 5 aromatic rings. The van der Waals surface area contributed by atoms with Crippen molar-refractivity contribution in [3.8, 4) is 11.5 Å². The highest BCUT2D eigenvalue weighted by molar-refractivity contribution is 6.03. The molecule has 156 valence electrons. The van der Waals surface area contributed by atoms with E-state index in [1.165, 1.54) is 6.20 Å². The van der Waals surface area contributed by atoms with Crippen molar-refractivity contribution in [1.29, 1.82) is 0 Å².